The highest BCUT2D eigenvalue weighted by Gasteiger charge is 1.59. The Morgan fingerprint density at radius 2 is 1.00 bits per heavy atom. The molecule has 0 fully saturated rings. The van der Waals surface area contributed by atoms with Gasteiger partial charge in [0, 0.05) is 0 Å². The first-order valence-corrected chi connectivity index (χ1v) is 3.10. The van der Waals surface area contributed by atoms with E-state index in [1.54, 1.807) is 12.2 Å². The van der Waals surface area contributed by atoms with Crippen molar-refractivity contribution in [1.82, 2.24) is 0 Å². The van der Waals surface area contributed by atoms with Gasteiger partial charge in [0.1, 0.15) is 0 Å². The highest BCUT2D eigenvalue weighted by atomic mass is 13.7. The fourth-order valence-electron chi connectivity index (χ4n) is 0. The lowest BCUT2D eigenvalue weighted by Gasteiger charge is -1.71. The van der Waals surface area contributed by atoms with Gasteiger partial charge in [-0.25, -0.2) is 0 Å². The van der Waals surface area contributed by atoms with Gasteiger partial charge >= 0.3 is 0 Å². The van der Waals surface area contributed by atoms with Crippen LogP contribution >= 0.6 is 0 Å². The minimum Gasteiger partial charge on any atom is -0.0988 e. The van der Waals surface area contributed by atoms with Gasteiger partial charge in [-0.05, 0) is 13.8 Å². The Morgan fingerprint density at radius 3 is 1.00 bits per heavy atom. The molecule has 11 heavy (non-hydrogen) atoms. The fraction of sp³-hybridized carbons (Fsp3) is 0.273. The molecule has 0 radical (unpaired) electrons. The molecule has 0 aliphatic rings. The van der Waals surface area contributed by atoms with Crippen LogP contribution in [0.2, 0.25) is 0 Å². The maximum absolute atomic E-state index is 3.56. The molecule has 0 bridgehead atoms. The Morgan fingerprint density at radius 1 is 0.909 bits per heavy atom. The molecule has 0 aromatic heterocycles. The summed E-state index contributed by atoms with van der Waals surface area (Å²) in [5.74, 6) is 0. The van der Waals surface area contributed by atoms with Crippen molar-refractivity contribution in [3.8, 4) is 0 Å². The summed E-state index contributed by atoms with van der Waals surface area (Å²) >= 11 is 0. The molecule has 0 heteroatoms. The van der Waals surface area contributed by atoms with Gasteiger partial charge in [-0.3, -0.25) is 0 Å². The summed E-state index contributed by atoms with van der Waals surface area (Å²) in [6, 6.07) is 0. The van der Waals surface area contributed by atoms with E-state index in [0.29, 0.717) is 0 Å². The summed E-state index contributed by atoms with van der Waals surface area (Å²) in [5.41, 5.74) is 2.04. The van der Waals surface area contributed by atoms with E-state index < -0.39 is 0 Å². The molecule has 0 amide bonds. The maximum Gasteiger partial charge on any atom is -0.0404 e. The first-order valence-electron chi connectivity index (χ1n) is 3.10. The highest BCUT2D eigenvalue weighted by Crippen LogP contribution is 1.81. The van der Waals surface area contributed by atoms with Gasteiger partial charge in [-0.15, -0.1) is 0 Å². The number of allylic oxidation sites excluding steroid dienone is 4. The van der Waals surface area contributed by atoms with Crippen LogP contribution in [0.15, 0.2) is 49.6 Å². The predicted molar refractivity (Wildman–Crippen MR) is 56.8 cm³/mol. The second kappa shape index (κ2) is 11.7. The van der Waals surface area contributed by atoms with Crippen LogP contribution in [0.1, 0.15) is 21.3 Å². The average Bonchev–Trinajstić information content (AvgIpc) is 1.89. The lowest BCUT2D eigenvalue weighted by atomic mass is 10.4. The van der Waals surface area contributed by atoms with E-state index in [1.807, 2.05) is 13.8 Å². The fourth-order valence-corrected chi connectivity index (χ4v) is 0. The smallest absolute Gasteiger partial charge is 0.0404 e. The van der Waals surface area contributed by atoms with Gasteiger partial charge < -0.3 is 0 Å². The van der Waals surface area contributed by atoms with Crippen molar-refractivity contribution in [3.63, 3.8) is 0 Å². The largest absolute Gasteiger partial charge is 0.0988 e. The van der Waals surface area contributed by atoms with Crippen molar-refractivity contribution in [3.05, 3.63) is 49.6 Å². The van der Waals surface area contributed by atoms with Crippen LogP contribution in [-0.2, 0) is 0 Å². The van der Waals surface area contributed by atoms with Crippen molar-refractivity contribution in [2.75, 3.05) is 0 Å². The Bertz CT molecular complexity index is 120. The zero-order valence-electron chi connectivity index (χ0n) is 6.98. The molecule has 0 aromatic rings. The molecule has 0 N–H and O–H groups in total. The summed E-state index contributed by atoms with van der Waals surface area (Å²) in [5, 5.41) is 0. The molecule has 0 saturated heterocycles. The molecular weight excluding hydrogens is 132 g/mol. The van der Waals surface area contributed by atoms with Crippen molar-refractivity contribution in [1.29, 1.82) is 0 Å². The standard InChI is InChI=1S/2C5H8.CH4/c2*1-4-5(2)3;/h2*4H,1-2H2,3H3;1H4. The van der Waals surface area contributed by atoms with Crippen LogP contribution in [0, 0.1) is 0 Å². The molecule has 0 unspecified atom stereocenters. The molecule has 0 aliphatic carbocycles. The van der Waals surface area contributed by atoms with E-state index in [0.717, 1.165) is 11.1 Å². The summed E-state index contributed by atoms with van der Waals surface area (Å²) in [6.07, 6.45) is 3.44. The zero-order valence-corrected chi connectivity index (χ0v) is 6.98. The van der Waals surface area contributed by atoms with E-state index >= 15 is 0 Å². The molecule has 0 saturated carbocycles. The molecule has 0 atom stereocenters. The van der Waals surface area contributed by atoms with E-state index in [2.05, 4.69) is 26.3 Å². The molecule has 0 aromatic carbocycles. The lowest BCUT2D eigenvalue weighted by Crippen LogP contribution is -1.50. The molecule has 0 heterocycles. The van der Waals surface area contributed by atoms with Gasteiger partial charge in [0.05, 0.1) is 0 Å². The highest BCUT2D eigenvalue weighted by molar-refractivity contribution is 5.06. The van der Waals surface area contributed by atoms with Gasteiger partial charge in [0.25, 0.3) is 0 Å². The second-order valence-corrected chi connectivity index (χ2v) is 2.10. The molecule has 64 valence electrons. The minimum absolute atomic E-state index is 0. The third-order valence-electron chi connectivity index (χ3n) is 0.697. The summed E-state index contributed by atoms with van der Waals surface area (Å²) in [7, 11) is 0. The monoisotopic (exact) mass is 152 g/mol. The molecule has 0 aliphatic heterocycles. The van der Waals surface area contributed by atoms with Crippen LogP contribution in [0.3, 0.4) is 0 Å². The van der Waals surface area contributed by atoms with Crippen LogP contribution < -0.4 is 0 Å². The van der Waals surface area contributed by atoms with Crippen LogP contribution in [-0.4, -0.2) is 0 Å². The molecule has 0 rings (SSSR count). The average molecular weight is 152 g/mol. The normalized spacial score (nSPS) is 6.00. The van der Waals surface area contributed by atoms with E-state index in [-0.39, 0.29) is 7.43 Å². The molecule has 0 nitrogen and oxygen atoms in total. The Hall–Kier alpha value is -1.04. The summed E-state index contributed by atoms with van der Waals surface area (Å²) in [4.78, 5) is 0. The SMILES string of the molecule is C.C=CC(=C)C.C=CC(=C)C. The predicted octanol–water partition coefficient (Wildman–Crippen LogP) is 4.13. The Labute approximate surface area is 71.6 Å². The number of hydrogen-bond donors (Lipinski definition) is 0. The van der Waals surface area contributed by atoms with Crippen molar-refractivity contribution < 1.29 is 0 Å². The minimum atomic E-state index is 0. The lowest BCUT2D eigenvalue weighted by molar-refractivity contribution is 1.58. The maximum atomic E-state index is 3.56. The van der Waals surface area contributed by atoms with Crippen molar-refractivity contribution in [2.24, 2.45) is 0 Å². The van der Waals surface area contributed by atoms with Crippen molar-refractivity contribution >= 4 is 0 Å². The van der Waals surface area contributed by atoms with Crippen LogP contribution in [0.4, 0.5) is 0 Å². The zero-order chi connectivity index (χ0) is 8.57. The third kappa shape index (κ3) is 49.5. The Balaban J connectivity index is -0.000000107. The second-order valence-electron chi connectivity index (χ2n) is 2.10. The van der Waals surface area contributed by atoms with Crippen LogP contribution in [0.25, 0.3) is 0 Å². The van der Waals surface area contributed by atoms with Gasteiger partial charge in [0.15, 0.2) is 0 Å². The molecule has 0 spiro atoms. The third-order valence-corrected chi connectivity index (χ3v) is 0.697. The first kappa shape index (κ1) is 16.5. The van der Waals surface area contributed by atoms with E-state index in [1.165, 1.54) is 0 Å². The number of rotatable bonds is 2. The summed E-state index contributed by atoms with van der Waals surface area (Å²) < 4.78 is 0. The van der Waals surface area contributed by atoms with Crippen LogP contribution in [0.5, 0.6) is 0 Å². The molecular formula is C11H20. The van der Waals surface area contributed by atoms with Gasteiger partial charge in [0.2, 0.25) is 0 Å². The van der Waals surface area contributed by atoms with E-state index in [4.69, 9.17) is 0 Å². The first-order chi connectivity index (χ1) is 4.54. The topological polar surface area (TPSA) is 0 Å². The van der Waals surface area contributed by atoms with Gasteiger partial charge in [-0.1, -0.05) is 57.0 Å². The van der Waals surface area contributed by atoms with E-state index in [9.17, 15) is 0 Å². The number of hydrogen-bond acceptors (Lipinski definition) is 0. The van der Waals surface area contributed by atoms with Crippen molar-refractivity contribution in [2.45, 2.75) is 21.3 Å². The quantitative estimate of drug-likeness (QED) is 0.522. The Kier molecular flexibility index (Phi) is 17.6. The van der Waals surface area contributed by atoms with Gasteiger partial charge in [-0.2, -0.15) is 0 Å². The summed E-state index contributed by atoms with van der Waals surface area (Å²) in [6.45, 7) is 17.9.